The van der Waals surface area contributed by atoms with Crippen LogP contribution in [0.4, 0.5) is 0 Å². The lowest BCUT2D eigenvalue weighted by Crippen LogP contribution is -2.08. The van der Waals surface area contributed by atoms with Gasteiger partial charge in [-0.05, 0) is 31.2 Å². The van der Waals surface area contributed by atoms with Crippen molar-refractivity contribution < 1.29 is 19.9 Å². The molecule has 0 atom stereocenters. The van der Waals surface area contributed by atoms with E-state index in [1.54, 1.807) is 19.1 Å². The van der Waals surface area contributed by atoms with Crippen LogP contribution < -0.4 is 4.74 Å². The first-order chi connectivity index (χ1) is 8.58. The number of esters is 1. The second kappa shape index (κ2) is 6.19. The number of oxime groups is 2. The van der Waals surface area contributed by atoms with E-state index in [1.807, 2.05) is 0 Å². The van der Waals surface area contributed by atoms with Crippen LogP contribution in [0.5, 0.6) is 5.75 Å². The summed E-state index contributed by atoms with van der Waals surface area (Å²) >= 11 is 0. The molecular weight excluding hydrogens is 236 g/mol. The van der Waals surface area contributed by atoms with Crippen molar-refractivity contribution in [3.63, 3.8) is 0 Å². The molecule has 0 bridgehead atoms. The average molecular weight is 248 g/mol. The lowest BCUT2D eigenvalue weighted by atomic mass is 10.1. The lowest BCUT2D eigenvalue weighted by molar-refractivity contribution is -0.130. The molecule has 6 heteroatoms. The number of hydrogen-bond acceptors (Lipinski definition) is 6. The number of benzene rings is 1. The molecule has 0 heterocycles. The van der Waals surface area contributed by atoms with Gasteiger partial charge in [0.25, 0.3) is 0 Å². The predicted molar refractivity (Wildman–Crippen MR) is 65.5 cm³/mol. The third-order valence-corrected chi connectivity index (χ3v) is 2.00. The Morgan fingerprint density at radius 1 is 1.33 bits per heavy atom. The largest absolute Gasteiger partial charge is 0.423 e. The highest BCUT2D eigenvalue weighted by Crippen LogP contribution is 2.13. The van der Waals surface area contributed by atoms with Crippen molar-refractivity contribution in [3.8, 4) is 5.75 Å². The molecular formula is C12H12N2O4. The molecule has 94 valence electrons. The molecule has 0 aliphatic carbocycles. The van der Waals surface area contributed by atoms with Crippen molar-refractivity contribution in [1.82, 2.24) is 0 Å². The number of carbonyl (C=O) groups is 1. The number of nitrogens with zero attached hydrogens (tertiary/aromatic N) is 2. The molecule has 0 saturated carbocycles. The van der Waals surface area contributed by atoms with E-state index in [1.165, 1.54) is 12.1 Å². The minimum Gasteiger partial charge on any atom is -0.423 e. The van der Waals surface area contributed by atoms with Crippen LogP contribution in [-0.4, -0.2) is 28.3 Å². The van der Waals surface area contributed by atoms with Gasteiger partial charge >= 0.3 is 5.97 Å². The second-order valence-corrected chi connectivity index (χ2v) is 3.42. The maximum atomic E-state index is 11.2. The molecule has 0 spiro atoms. The van der Waals surface area contributed by atoms with Crippen molar-refractivity contribution in [1.29, 1.82) is 0 Å². The molecule has 0 aliphatic rings. The first-order valence-electron chi connectivity index (χ1n) is 4.96. The highest BCUT2D eigenvalue weighted by atomic mass is 16.5. The van der Waals surface area contributed by atoms with Gasteiger partial charge in [-0.25, -0.2) is 4.79 Å². The Hall–Kier alpha value is -2.63. The summed E-state index contributed by atoms with van der Waals surface area (Å²) in [6.07, 6.45) is 0.981. The molecule has 1 rings (SSSR count). The summed E-state index contributed by atoms with van der Waals surface area (Å²) in [6, 6.07) is 6.15. The SMILES string of the molecule is C=C(C)C(=O)Oc1ccc(C(C=NO)=NO)cc1. The first-order valence-corrected chi connectivity index (χ1v) is 4.96. The molecule has 1 aromatic carbocycles. The molecule has 0 saturated heterocycles. The van der Waals surface area contributed by atoms with Gasteiger partial charge < -0.3 is 15.2 Å². The Labute approximate surface area is 103 Å². The molecule has 18 heavy (non-hydrogen) atoms. The molecule has 0 radical (unpaired) electrons. The zero-order valence-electron chi connectivity index (χ0n) is 9.70. The fourth-order valence-corrected chi connectivity index (χ4v) is 1.10. The Kier molecular flexibility index (Phi) is 4.62. The summed E-state index contributed by atoms with van der Waals surface area (Å²) in [7, 11) is 0. The average Bonchev–Trinajstić information content (AvgIpc) is 2.37. The van der Waals surface area contributed by atoms with E-state index in [-0.39, 0.29) is 5.71 Å². The summed E-state index contributed by atoms with van der Waals surface area (Å²) in [5.74, 6) is -0.180. The lowest BCUT2D eigenvalue weighted by Gasteiger charge is -2.04. The molecule has 0 fully saturated rings. The van der Waals surface area contributed by atoms with Gasteiger partial charge in [0, 0.05) is 11.1 Å². The predicted octanol–water partition coefficient (Wildman–Crippen LogP) is 1.81. The minimum atomic E-state index is -0.518. The fourth-order valence-electron chi connectivity index (χ4n) is 1.10. The van der Waals surface area contributed by atoms with Gasteiger partial charge in [-0.1, -0.05) is 16.9 Å². The normalized spacial score (nSPS) is 11.5. The standard InChI is InChI=1S/C12H12N2O4/c1-8(2)12(15)18-10-5-3-9(4-6-10)11(14-17)7-13-16/h3-7,16-17H,1H2,2H3. The zero-order valence-corrected chi connectivity index (χ0v) is 9.70. The summed E-state index contributed by atoms with van der Waals surface area (Å²) < 4.78 is 4.98. The van der Waals surface area contributed by atoms with Crippen molar-refractivity contribution in [3.05, 3.63) is 42.0 Å². The van der Waals surface area contributed by atoms with E-state index in [9.17, 15) is 4.79 Å². The quantitative estimate of drug-likeness (QED) is 0.212. The van der Waals surface area contributed by atoms with E-state index in [4.69, 9.17) is 15.2 Å². The molecule has 6 nitrogen and oxygen atoms in total. The van der Waals surface area contributed by atoms with E-state index >= 15 is 0 Å². The molecule has 0 aliphatic heterocycles. The summed E-state index contributed by atoms with van der Waals surface area (Å²) in [5, 5.41) is 22.8. The topological polar surface area (TPSA) is 91.5 Å². The maximum Gasteiger partial charge on any atom is 0.338 e. The van der Waals surface area contributed by atoms with Crippen LogP contribution in [0.25, 0.3) is 0 Å². The van der Waals surface area contributed by atoms with Gasteiger partial charge in [0.15, 0.2) is 0 Å². The van der Waals surface area contributed by atoms with Gasteiger partial charge in [-0.15, -0.1) is 0 Å². The van der Waals surface area contributed by atoms with Crippen LogP contribution >= 0.6 is 0 Å². The minimum absolute atomic E-state index is 0.0790. The van der Waals surface area contributed by atoms with Crippen molar-refractivity contribution in [2.75, 3.05) is 0 Å². The number of ether oxygens (including phenoxy) is 1. The highest BCUT2D eigenvalue weighted by Gasteiger charge is 2.06. The van der Waals surface area contributed by atoms with E-state index < -0.39 is 5.97 Å². The molecule has 0 amide bonds. The van der Waals surface area contributed by atoms with Crippen LogP contribution in [0.2, 0.25) is 0 Å². The Morgan fingerprint density at radius 3 is 2.39 bits per heavy atom. The molecule has 0 unspecified atom stereocenters. The van der Waals surface area contributed by atoms with E-state index in [0.717, 1.165) is 6.21 Å². The van der Waals surface area contributed by atoms with Gasteiger partial charge in [0.2, 0.25) is 0 Å². The molecule has 2 N–H and O–H groups in total. The van der Waals surface area contributed by atoms with Crippen LogP contribution in [0, 0.1) is 0 Å². The number of rotatable bonds is 4. The Balaban J connectivity index is 2.86. The number of carbonyl (C=O) groups excluding carboxylic acids is 1. The van der Waals surface area contributed by atoms with Gasteiger partial charge in [0.05, 0.1) is 6.21 Å². The van der Waals surface area contributed by atoms with E-state index in [0.29, 0.717) is 16.9 Å². The van der Waals surface area contributed by atoms with Crippen LogP contribution in [0.15, 0.2) is 46.7 Å². The smallest absolute Gasteiger partial charge is 0.338 e. The maximum absolute atomic E-state index is 11.2. The van der Waals surface area contributed by atoms with Crippen molar-refractivity contribution in [2.24, 2.45) is 10.3 Å². The monoisotopic (exact) mass is 248 g/mol. The van der Waals surface area contributed by atoms with Crippen molar-refractivity contribution >= 4 is 17.9 Å². The summed E-state index contributed by atoms with van der Waals surface area (Å²) in [4.78, 5) is 11.2. The Morgan fingerprint density at radius 2 is 1.94 bits per heavy atom. The van der Waals surface area contributed by atoms with Crippen molar-refractivity contribution in [2.45, 2.75) is 6.92 Å². The van der Waals surface area contributed by atoms with Crippen LogP contribution in [0.1, 0.15) is 12.5 Å². The summed E-state index contributed by atoms with van der Waals surface area (Å²) in [5.41, 5.74) is 0.879. The van der Waals surface area contributed by atoms with Crippen LogP contribution in [0.3, 0.4) is 0 Å². The Bertz CT molecular complexity index is 503. The fraction of sp³-hybridized carbons (Fsp3) is 0.0833. The zero-order chi connectivity index (χ0) is 13.5. The van der Waals surface area contributed by atoms with Crippen LogP contribution in [-0.2, 0) is 4.79 Å². The number of hydrogen-bond donors (Lipinski definition) is 2. The highest BCUT2D eigenvalue weighted by molar-refractivity contribution is 6.37. The van der Waals surface area contributed by atoms with Gasteiger partial charge in [-0.3, -0.25) is 0 Å². The third kappa shape index (κ3) is 3.44. The van der Waals surface area contributed by atoms with E-state index in [2.05, 4.69) is 16.9 Å². The molecule has 0 aromatic heterocycles. The van der Waals surface area contributed by atoms with Gasteiger partial charge in [-0.2, -0.15) is 0 Å². The van der Waals surface area contributed by atoms with Gasteiger partial charge in [0.1, 0.15) is 11.5 Å². The third-order valence-electron chi connectivity index (χ3n) is 2.00. The second-order valence-electron chi connectivity index (χ2n) is 3.42. The first kappa shape index (κ1) is 13.4. The summed E-state index contributed by atoms with van der Waals surface area (Å²) in [6.45, 7) is 5.01. The molecule has 1 aromatic rings.